The summed E-state index contributed by atoms with van der Waals surface area (Å²) in [4.78, 5) is 33.8. The minimum Gasteiger partial charge on any atom is -0.507 e. The lowest BCUT2D eigenvalue weighted by atomic mass is 9.95. The average molecular weight is 615 g/mol. The number of ketones is 1. The van der Waals surface area contributed by atoms with Gasteiger partial charge >= 0.3 is 5.91 Å². The summed E-state index contributed by atoms with van der Waals surface area (Å²) in [6.45, 7) is 7.43. The Balaban J connectivity index is 1.50. The van der Waals surface area contributed by atoms with Gasteiger partial charge in [-0.1, -0.05) is 43.2 Å². The molecule has 9 nitrogen and oxygen atoms in total. The van der Waals surface area contributed by atoms with Gasteiger partial charge in [-0.15, -0.1) is 0 Å². The van der Waals surface area contributed by atoms with E-state index in [1.807, 2.05) is 26.0 Å². The number of aliphatic hydroxyl groups is 1. The first-order chi connectivity index (χ1) is 21.3. The summed E-state index contributed by atoms with van der Waals surface area (Å²) in [6.07, 6.45) is 3.04. The second-order valence-electron chi connectivity index (χ2n) is 10.9. The summed E-state index contributed by atoms with van der Waals surface area (Å²) in [6, 6.07) is 13.3. The number of unbranched alkanes of at least 4 members (excludes halogenated alkanes) is 2. The summed E-state index contributed by atoms with van der Waals surface area (Å²) in [7, 11) is 1.54. The van der Waals surface area contributed by atoms with E-state index in [-0.39, 0.29) is 11.3 Å². The minimum absolute atomic E-state index is 0.0579. The lowest BCUT2D eigenvalue weighted by molar-refractivity contribution is -0.132. The maximum atomic E-state index is 13.8. The number of methoxy groups -OCH3 is 1. The summed E-state index contributed by atoms with van der Waals surface area (Å²) < 4.78 is 23.9. The number of rotatable bonds is 9. The molecule has 0 radical (unpaired) electrons. The van der Waals surface area contributed by atoms with Crippen LogP contribution in [0.4, 0.5) is 5.13 Å². The standard InChI is InChI=1S/C34H34N2O7S/c1-5-6-7-12-41-23-10-8-21(17-25(23)40-4)30-28(31(37)22-9-11-24-26(18-22)43-14-13-42-24)32(38)33(39)36(30)34-35-29-20(3)15-19(2)16-27(29)44-34/h8-11,15-18,30,37H,5-7,12-14H2,1-4H3/t30-/m1/s1. The van der Waals surface area contributed by atoms with Crippen molar-refractivity contribution in [3.63, 3.8) is 0 Å². The Kier molecular flexibility index (Phi) is 8.18. The molecule has 2 aliphatic rings. The normalized spacial score (nSPS) is 17.4. The Labute approximate surface area is 259 Å². The number of aryl methyl sites for hydroxylation is 2. The number of Topliss-reactive ketones (excluding diaryl/α,β-unsaturated/α-hetero) is 1. The number of fused-ring (bicyclic) bond motifs is 2. The summed E-state index contributed by atoms with van der Waals surface area (Å²) in [5.74, 6) is 0.107. The molecule has 10 heteroatoms. The van der Waals surface area contributed by atoms with Crippen molar-refractivity contribution in [3.05, 3.63) is 76.4 Å². The molecule has 3 aromatic carbocycles. The Morgan fingerprint density at radius 3 is 2.59 bits per heavy atom. The number of benzene rings is 3. The predicted molar refractivity (Wildman–Crippen MR) is 169 cm³/mol. The number of amides is 1. The van der Waals surface area contributed by atoms with Crippen molar-refractivity contribution in [3.8, 4) is 23.0 Å². The fraction of sp³-hybridized carbons (Fsp3) is 0.324. The van der Waals surface area contributed by atoms with E-state index >= 15 is 0 Å². The molecule has 44 heavy (non-hydrogen) atoms. The van der Waals surface area contributed by atoms with Crippen molar-refractivity contribution in [2.45, 2.75) is 46.1 Å². The maximum Gasteiger partial charge on any atom is 0.301 e. The van der Waals surface area contributed by atoms with Crippen LogP contribution < -0.4 is 23.8 Å². The molecule has 2 aliphatic heterocycles. The molecule has 0 bridgehead atoms. The van der Waals surface area contributed by atoms with Crippen molar-refractivity contribution >= 4 is 44.1 Å². The van der Waals surface area contributed by atoms with Crippen molar-refractivity contribution in [2.24, 2.45) is 0 Å². The van der Waals surface area contributed by atoms with Gasteiger partial charge in [0.05, 0.1) is 35.5 Å². The number of hydrogen-bond donors (Lipinski definition) is 1. The quantitative estimate of drug-likeness (QED) is 0.0940. The number of hydrogen-bond acceptors (Lipinski definition) is 9. The number of aromatic nitrogens is 1. The maximum absolute atomic E-state index is 13.8. The highest BCUT2D eigenvalue weighted by atomic mass is 32.1. The number of aliphatic hydroxyl groups excluding tert-OH is 1. The zero-order chi connectivity index (χ0) is 31.0. The predicted octanol–water partition coefficient (Wildman–Crippen LogP) is 6.89. The topological polar surface area (TPSA) is 107 Å². The molecule has 1 atom stereocenters. The highest BCUT2D eigenvalue weighted by Gasteiger charge is 2.48. The molecule has 228 valence electrons. The van der Waals surface area contributed by atoms with Crippen molar-refractivity contribution in [1.82, 2.24) is 4.98 Å². The SMILES string of the molecule is CCCCCOc1ccc([C@@H]2C(=C(O)c3ccc4c(c3)OCCO4)C(=O)C(=O)N2c2nc3c(C)cc(C)cc3s2)cc1OC. The van der Waals surface area contributed by atoms with Crippen molar-refractivity contribution < 1.29 is 33.6 Å². The Hall–Kier alpha value is -4.57. The van der Waals surface area contributed by atoms with Crippen LogP contribution in [0.5, 0.6) is 23.0 Å². The van der Waals surface area contributed by atoms with E-state index in [2.05, 4.69) is 6.92 Å². The first-order valence-electron chi connectivity index (χ1n) is 14.7. The number of thiazole rings is 1. The van der Waals surface area contributed by atoms with Gasteiger partial charge in [0.25, 0.3) is 5.78 Å². The highest BCUT2D eigenvalue weighted by molar-refractivity contribution is 7.22. The Morgan fingerprint density at radius 2 is 1.82 bits per heavy atom. The van der Waals surface area contributed by atoms with Gasteiger partial charge in [-0.05, 0) is 73.4 Å². The number of carbonyl (C=O) groups excluding carboxylic acids is 2. The third-order valence-corrected chi connectivity index (χ3v) is 8.80. The molecular weight excluding hydrogens is 580 g/mol. The molecule has 1 N–H and O–H groups in total. The second kappa shape index (κ2) is 12.2. The van der Waals surface area contributed by atoms with E-state index in [0.717, 1.165) is 40.6 Å². The van der Waals surface area contributed by atoms with Crippen molar-refractivity contribution in [1.29, 1.82) is 0 Å². The minimum atomic E-state index is -0.979. The fourth-order valence-electron chi connectivity index (χ4n) is 5.66. The Morgan fingerprint density at radius 1 is 1.02 bits per heavy atom. The van der Waals surface area contributed by atoms with Crippen molar-refractivity contribution in [2.75, 3.05) is 31.8 Å². The number of carbonyl (C=O) groups is 2. The van der Waals surface area contributed by atoms with Gasteiger partial charge in [0.15, 0.2) is 28.1 Å². The molecule has 1 amide bonds. The monoisotopic (exact) mass is 614 g/mol. The van der Waals surface area contributed by atoms with E-state index in [1.54, 1.807) is 43.5 Å². The van der Waals surface area contributed by atoms with E-state index in [9.17, 15) is 14.7 Å². The van der Waals surface area contributed by atoms with Gasteiger partial charge in [-0.25, -0.2) is 4.98 Å². The van der Waals surface area contributed by atoms with Crippen LogP contribution in [0.3, 0.4) is 0 Å². The Bertz CT molecular complexity index is 1790. The lowest BCUT2D eigenvalue weighted by Gasteiger charge is -2.24. The molecule has 4 aromatic rings. The number of anilines is 1. The molecule has 1 saturated heterocycles. The number of nitrogens with zero attached hydrogens (tertiary/aromatic N) is 2. The van der Waals surface area contributed by atoms with Crippen LogP contribution in [0.1, 0.15) is 54.5 Å². The fourth-order valence-corrected chi connectivity index (χ4v) is 6.83. The molecular formula is C34H34N2O7S. The zero-order valence-corrected chi connectivity index (χ0v) is 26.0. The molecule has 6 rings (SSSR count). The summed E-state index contributed by atoms with van der Waals surface area (Å²) >= 11 is 1.33. The van der Waals surface area contributed by atoms with Crippen LogP contribution in [0, 0.1) is 13.8 Å². The molecule has 0 saturated carbocycles. The van der Waals surface area contributed by atoms with Gasteiger partial charge in [0.2, 0.25) is 0 Å². The zero-order valence-electron chi connectivity index (χ0n) is 25.1. The van der Waals surface area contributed by atoms with E-state index in [1.165, 1.54) is 16.2 Å². The van der Waals surface area contributed by atoms with Crippen LogP contribution in [-0.2, 0) is 9.59 Å². The van der Waals surface area contributed by atoms with E-state index in [0.29, 0.717) is 59.1 Å². The second-order valence-corrected chi connectivity index (χ2v) is 11.9. The molecule has 0 aliphatic carbocycles. The largest absolute Gasteiger partial charge is 0.507 e. The van der Waals surface area contributed by atoms with Crippen LogP contribution in [0.25, 0.3) is 16.0 Å². The highest BCUT2D eigenvalue weighted by Crippen LogP contribution is 2.47. The summed E-state index contributed by atoms with van der Waals surface area (Å²) in [5.41, 5.74) is 3.64. The third-order valence-electron chi connectivity index (χ3n) is 7.79. The van der Waals surface area contributed by atoms with Crippen LogP contribution in [0.15, 0.2) is 54.1 Å². The van der Waals surface area contributed by atoms with Gasteiger partial charge in [0, 0.05) is 5.56 Å². The molecule has 3 heterocycles. The number of ether oxygens (including phenoxy) is 4. The van der Waals surface area contributed by atoms with E-state index < -0.39 is 17.7 Å². The molecule has 1 aromatic heterocycles. The lowest BCUT2D eigenvalue weighted by Crippen LogP contribution is -2.29. The smallest absolute Gasteiger partial charge is 0.301 e. The van der Waals surface area contributed by atoms with Crippen LogP contribution >= 0.6 is 11.3 Å². The van der Waals surface area contributed by atoms with Crippen LogP contribution in [0.2, 0.25) is 0 Å². The average Bonchev–Trinajstić information content (AvgIpc) is 3.56. The van der Waals surface area contributed by atoms with Gasteiger partial charge in [-0.3, -0.25) is 14.5 Å². The van der Waals surface area contributed by atoms with Gasteiger partial charge < -0.3 is 24.1 Å². The summed E-state index contributed by atoms with van der Waals surface area (Å²) in [5, 5.41) is 12.0. The third kappa shape index (κ3) is 5.34. The van der Waals surface area contributed by atoms with E-state index in [4.69, 9.17) is 23.9 Å². The first-order valence-corrected chi connectivity index (χ1v) is 15.5. The van der Waals surface area contributed by atoms with Crippen LogP contribution in [-0.4, -0.2) is 48.7 Å². The first kappa shape index (κ1) is 29.5. The molecule has 0 unspecified atom stereocenters. The van der Waals surface area contributed by atoms with Gasteiger partial charge in [-0.2, -0.15) is 0 Å². The molecule has 1 fully saturated rings. The van der Waals surface area contributed by atoms with Gasteiger partial charge in [0.1, 0.15) is 19.0 Å². The molecule has 0 spiro atoms.